The molecule has 4 nitrogen and oxygen atoms in total. The second-order valence-corrected chi connectivity index (χ2v) is 4.66. The topological polar surface area (TPSA) is 41.6 Å². The van der Waals surface area contributed by atoms with E-state index in [-0.39, 0.29) is 0 Å². The zero-order valence-electron chi connectivity index (χ0n) is 11.8. The van der Waals surface area contributed by atoms with Crippen molar-refractivity contribution in [2.45, 2.75) is 19.9 Å². The van der Waals surface area contributed by atoms with Crippen LogP contribution in [0.25, 0.3) is 0 Å². The number of hydrogen-bond acceptors (Lipinski definition) is 3. The van der Waals surface area contributed by atoms with Gasteiger partial charge in [-0.1, -0.05) is 36.1 Å². The number of rotatable bonds is 3. The summed E-state index contributed by atoms with van der Waals surface area (Å²) in [4.78, 5) is 13.4. The predicted molar refractivity (Wildman–Crippen MR) is 78.2 cm³/mol. The summed E-state index contributed by atoms with van der Waals surface area (Å²) in [5, 5.41) is 2.58. The molecule has 0 unspecified atom stereocenters. The van der Waals surface area contributed by atoms with Crippen molar-refractivity contribution in [3.05, 3.63) is 35.4 Å². The molecule has 1 aliphatic rings. The third-order valence-electron chi connectivity index (χ3n) is 3.23. The third-order valence-corrected chi connectivity index (χ3v) is 3.23. The Morgan fingerprint density at radius 2 is 2.15 bits per heavy atom. The Kier molecular flexibility index (Phi) is 5.45. The zero-order chi connectivity index (χ0) is 14.2. The van der Waals surface area contributed by atoms with Gasteiger partial charge in [0.25, 0.3) is 0 Å². The minimum absolute atomic E-state index is 0.337. The van der Waals surface area contributed by atoms with Crippen molar-refractivity contribution in [3.63, 3.8) is 0 Å². The van der Waals surface area contributed by atoms with Crippen LogP contribution in [0.2, 0.25) is 0 Å². The number of hydrogen-bond donors (Lipinski definition) is 1. The molecule has 0 atom stereocenters. The first kappa shape index (κ1) is 14.4. The molecule has 0 saturated carbocycles. The van der Waals surface area contributed by atoms with Crippen LogP contribution in [0.15, 0.2) is 24.3 Å². The number of carbonyl (C=O) groups is 1. The van der Waals surface area contributed by atoms with E-state index in [4.69, 9.17) is 4.74 Å². The molecule has 2 rings (SSSR count). The van der Waals surface area contributed by atoms with Gasteiger partial charge < -0.3 is 10.1 Å². The maximum atomic E-state index is 11.0. The molecule has 1 aromatic carbocycles. The number of ether oxygens (including phenoxy) is 1. The van der Waals surface area contributed by atoms with Gasteiger partial charge in [-0.15, -0.1) is 0 Å². The highest BCUT2D eigenvalue weighted by molar-refractivity contribution is 5.67. The summed E-state index contributed by atoms with van der Waals surface area (Å²) in [6.07, 6.45) is 0.674. The number of amides is 1. The summed E-state index contributed by atoms with van der Waals surface area (Å²) in [5.74, 6) is 6.03. The van der Waals surface area contributed by atoms with E-state index < -0.39 is 6.09 Å². The molecule has 1 aliphatic heterocycles. The van der Waals surface area contributed by atoms with Crippen LogP contribution in [-0.4, -0.2) is 37.2 Å². The quantitative estimate of drug-likeness (QED) is 0.853. The molecular weight excluding hydrogens is 252 g/mol. The van der Waals surface area contributed by atoms with Gasteiger partial charge in [0.15, 0.2) is 0 Å². The summed E-state index contributed by atoms with van der Waals surface area (Å²) in [5.41, 5.74) is 2.84. The van der Waals surface area contributed by atoms with E-state index >= 15 is 0 Å². The summed E-state index contributed by atoms with van der Waals surface area (Å²) < 4.78 is 4.75. The Hall–Kier alpha value is -1.99. The van der Waals surface area contributed by atoms with Gasteiger partial charge in [-0.3, -0.25) is 4.90 Å². The molecular formula is C16H20N2O2. The number of nitrogens with one attached hydrogen (secondary N) is 1. The first-order chi connectivity index (χ1) is 9.79. The second kappa shape index (κ2) is 7.56. The van der Waals surface area contributed by atoms with Crippen LogP contribution in [0.4, 0.5) is 4.79 Å². The van der Waals surface area contributed by atoms with Gasteiger partial charge in [0, 0.05) is 13.1 Å². The van der Waals surface area contributed by atoms with Gasteiger partial charge in [-0.2, -0.15) is 0 Å². The molecule has 1 N–H and O–H groups in total. The molecule has 1 aromatic rings. The Labute approximate surface area is 120 Å². The van der Waals surface area contributed by atoms with Crippen molar-refractivity contribution in [1.82, 2.24) is 10.2 Å². The monoisotopic (exact) mass is 272 g/mol. The minimum Gasteiger partial charge on any atom is -0.450 e. The Bertz CT molecular complexity index is 517. The van der Waals surface area contributed by atoms with Crippen LogP contribution in [0.3, 0.4) is 0 Å². The second-order valence-electron chi connectivity index (χ2n) is 4.66. The average molecular weight is 272 g/mol. The van der Waals surface area contributed by atoms with Crippen LogP contribution in [0.1, 0.15) is 18.1 Å². The van der Waals surface area contributed by atoms with Gasteiger partial charge in [0.1, 0.15) is 0 Å². The Balaban J connectivity index is 1.72. The SMILES string of the molecule is CCOC(=O)NCC#CCN1CCc2ccccc2C1. The van der Waals surface area contributed by atoms with Gasteiger partial charge >= 0.3 is 6.09 Å². The highest BCUT2D eigenvalue weighted by Gasteiger charge is 2.13. The maximum absolute atomic E-state index is 11.0. The van der Waals surface area contributed by atoms with Gasteiger partial charge in [0.05, 0.1) is 19.7 Å². The van der Waals surface area contributed by atoms with Crippen molar-refractivity contribution in [2.75, 3.05) is 26.2 Å². The summed E-state index contributed by atoms with van der Waals surface area (Å²) in [6, 6.07) is 8.55. The zero-order valence-corrected chi connectivity index (χ0v) is 11.8. The van der Waals surface area contributed by atoms with E-state index in [0.717, 1.165) is 26.1 Å². The van der Waals surface area contributed by atoms with Crippen molar-refractivity contribution in [2.24, 2.45) is 0 Å². The highest BCUT2D eigenvalue weighted by Crippen LogP contribution is 2.17. The lowest BCUT2D eigenvalue weighted by Crippen LogP contribution is -2.31. The molecule has 1 heterocycles. The third kappa shape index (κ3) is 4.29. The average Bonchev–Trinajstić information content (AvgIpc) is 2.47. The molecule has 20 heavy (non-hydrogen) atoms. The Morgan fingerprint density at radius 3 is 2.95 bits per heavy atom. The van der Waals surface area contributed by atoms with Gasteiger partial charge in [0.2, 0.25) is 0 Å². The molecule has 0 aliphatic carbocycles. The molecule has 0 spiro atoms. The molecule has 4 heteroatoms. The fourth-order valence-corrected chi connectivity index (χ4v) is 2.22. The molecule has 0 radical (unpaired) electrons. The number of alkyl carbamates (subject to hydrolysis) is 1. The number of nitrogens with zero attached hydrogens (tertiary/aromatic N) is 1. The molecule has 0 aromatic heterocycles. The van der Waals surface area contributed by atoms with Crippen LogP contribution in [0, 0.1) is 11.8 Å². The standard InChI is InChI=1S/C16H20N2O2/c1-2-20-16(19)17-10-5-6-11-18-12-9-14-7-3-4-8-15(14)13-18/h3-4,7-8H,2,9-13H2,1H3,(H,17,19). The van der Waals surface area contributed by atoms with E-state index in [2.05, 4.69) is 46.3 Å². The molecule has 0 bridgehead atoms. The van der Waals surface area contributed by atoms with Crippen LogP contribution in [0.5, 0.6) is 0 Å². The molecule has 106 valence electrons. The summed E-state index contributed by atoms with van der Waals surface area (Å²) >= 11 is 0. The lowest BCUT2D eigenvalue weighted by Gasteiger charge is -2.26. The maximum Gasteiger partial charge on any atom is 0.407 e. The summed E-state index contributed by atoms with van der Waals surface area (Å²) in [7, 11) is 0. The van der Waals surface area contributed by atoms with Crippen molar-refractivity contribution < 1.29 is 9.53 Å². The first-order valence-corrected chi connectivity index (χ1v) is 6.95. The Morgan fingerprint density at radius 1 is 1.35 bits per heavy atom. The van der Waals surface area contributed by atoms with Gasteiger partial charge in [-0.05, 0) is 24.5 Å². The van der Waals surface area contributed by atoms with E-state index in [1.165, 1.54) is 11.1 Å². The number of benzene rings is 1. The normalized spacial score (nSPS) is 13.8. The van der Waals surface area contributed by atoms with E-state index in [1.54, 1.807) is 6.92 Å². The first-order valence-electron chi connectivity index (χ1n) is 6.95. The van der Waals surface area contributed by atoms with E-state index in [9.17, 15) is 4.79 Å². The molecule has 0 fully saturated rings. The van der Waals surface area contributed by atoms with Crippen molar-refractivity contribution >= 4 is 6.09 Å². The molecule has 0 saturated heterocycles. The molecule has 1 amide bonds. The fraction of sp³-hybridized carbons (Fsp3) is 0.438. The lowest BCUT2D eigenvalue weighted by molar-refractivity contribution is 0.153. The number of fused-ring (bicyclic) bond motifs is 1. The van der Waals surface area contributed by atoms with Crippen molar-refractivity contribution in [3.8, 4) is 11.8 Å². The smallest absolute Gasteiger partial charge is 0.407 e. The van der Waals surface area contributed by atoms with Crippen molar-refractivity contribution in [1.29, 1.82) is 0 Å². The number of carbonyl (C=O) groups excluding carboxylic acids is 1. The summed E-state index contributed by atoms with van der Waals surface area (Å²) in [6.45, 7) is 5.22. The minimum atomic E-state index is -0.409. The van der Waals surface area contributed by atoms with Gasteiger partial charge in [-0.25, -0.2) is 4.79 Å². The van der Waals surface area contributed by atoms with Crippen LogP contribution in [-0.2, 0) is 17.7 Å². The predicted octanol–water partition coefficient (Wildman–Crippen LogP) is 1.79. The van der Waals surface area contributed by atoms with Crippen LogP contribution >= 0.6 is 0 Å². The lowest BCUT2D eigenvalue weighted by atomic mass is 10.0. The fourth-order valence-electron chi connectivity index (χ4n) is 2.22. The highest BCUT2D eigenvalue weighted by atomic mass is 16.5. The largest absolute Gasteiger partial charge is 0.450 e. The van der Waals surface area contributed by atoms with E-state index in [0.29, 0.717) is 13.2 Å². The van der Waals surface area contributed by atoms with E-state index in [1.807, 2.05) is 0 Å². The van der Waals surface area contributed by atoms with Crippen LogP contribution < -0.4 is 5.32 Å².